The largest absolute Gasteiger partial charge is 0.361 e. The molecule has 0 fully saturated rings. The van der Waals surface area contributed by atoms with Gasteiger partial charge in [-0.2, -0.15) is 4.57 Å². The first-order valence-corrected chi connectivity index (χ1v) is 10.4. The number of allylic oxidation sites excluding steroid dienone is 4. The van der Waals surface area contributed by atoms with E-state index >= 15 is 0 Å². The SMILES string of the molecule is CC[n+]1c(C=CC2=C(Cl)C(=CNc3ccccc3)CC2)sc2ccccc21. The first kappa shape index (κ1) is 18.0. The number of anilines is 1. The number of para-hydroxylation sites is 2. The van der Waals surface area contributed by atoms with Crippen LogP contribution in [0.4, 0.5) is 5.69 Å². The highest BCUT2D eigenvalue weighted by Gasteiger charge is 2.19. The van der Waals surface area contributed by atoms with Crippen molar-refractivity contribution in [2.75, 3.05) is 5.32 Å². The number of nitrogens with one attached hydrogen (secondary N) is 1. The fourth-order valence-electron chi connectivity index (χ4n) is 3.37. The number of aromatic nitrogens is 1. The Kier molecular flexibility index (Phi) is 5.42. The highest BCUT2D eigenvalue weighted by molar-refractivity contribution is 7.18. The van der Waals surface area contributed by atoms with E-state index < -0.39 is 0 Å². The summed E-state index contributed by atoms with van der Waals surface area (Å²) in [5.74, 6) is 0. The maximum atomic E-state index is 6.65. The molecule has 0 unspecified atom stereocenters. The lowest BCUT2D eigenvalue weighted by molar-refractivity contribution is -0.665. The second kappa shape index (κ2) is 8.12. The molecular weight excluding hydrogens is 372 g/mol. The summed E-state index contributed by atoms with van der Waals surface area (Å²) in [6.07, 6.45) is 8.37. The van der Waals surface area contributed by atoms with Gasteiger partial charge in [0.05, 0.1) is 0 Å². The minimum Gasteiger partial charge on any atom is -0.361 e. The standard InChI is InChI=1S/C23H21ClN2S/c1-2-26-20-10-6-7-11-21(20)27-22(26)15-14-17-12-13-18(23(17)24)16-25-19-8-4-3-5-9-19/h3-11,14-16H,2,12-13H2,1H3/p+1. The van der Waals surface area contributed by atoms with E-state index in [4.69, 9.17) is 11.6 Å². The molecule has 1 heterocycles. The molecule has 0 atom stereocenters. The minimum atomic E-state index is 0.874. The van der Waals surface area contributed by atoms with Gasteiger partial charge in [0.1, 0.15) is 11.2 Å². The van der Waals surface area contributed by atoms with Crippen LogP contribution in [0.15, 0.2) is 83.1 Å². The van der Waals surface area contributed by atoms with Gasteiger partial charge in [0.2, 0.25) is 5.52 Å². The average Bonchev–Trinajstić information content (AvgIpc) is 3.25. The number of halogens is 1. The van der Waals surface area contributed by atoms with Gasteiger partial charge in [0, 0.05) is 29.1 Å². The number of hydrogen-bond acceptors (Lipinski definition) is 2. The van der Waals surface area contributed by atoms with E-state index in [2.05, 4.69) is 65.4 Å². The van der Waals surface area contributed by atoms with Crippen molar-refractivity contribution in [3.05, 3.63) is 88.1 Å². The van der Waals surface area contributed by atoms with Crippen molar-refractivity contribution in [1.29, 1.82) is 0 Å². The monoisotopic (exact) mass is 393 g/mol. The lowest BCUT2D eigenvalue weighted by Gasteiger charge is -2.02. The molecule has 136 valence electrons. The van der Waals surface area contributed by atoms with Gasteiger partial charge >= 0.3 is 0 Å². The first-order chi connectivity index (χ1) is 13.3. The molecule has 27 heavy (non-hydrogen) atoms. The number of thiazole rings is 1. The molecule has 1 N–H and O–H groups in total. The molecular formula is C23H22ClN2S+. The lowest BCUT2D eigenvalue weighted by atomic mass is 10.2. The van der Waals surface area contributed by atoms with Crippen LogP contribution in [-0.2, 0) is 6.54 Å². The molecule has 0 saturated heterocycles. The number of benzene rings is 2. The zero-order valence-electron chi connectivity index (χ0n) is 15.3. The van der Waals surface area contributed by atoms with E-state index in [9.17, 15) is 0 Å². The third-order valence-corrected chi connectivity index (χ3v) is 6.41. The molecule has 0 spiro atoms. The van der Waals surface area contributed by atoms with Crippen LogP contribution in [0.1, 0.15) is 24.8 Å². The number of hydrogen-bond donors (Lipinski definition) is 1. The predicted octanol–water partition coefficient (Wildman–Crippen LogP) is 6.50. The minimum absolute atomic E-state index is 0.874. The zero-order valence-corrected chi connectivity index (χ0v) is 16.9. The summed E-state index contributed by atoms with van der Waals surface area (Å²) < 4.78 is 3.67. The third-order valence-electron chi connectivity index (χ3n) is 4.79. The molecule has 4 rings (SSSR count). The number of rotatable bonds is 5. The second-order valence-corrected chi connectivity index (χ2v) is 7.94. The van der Waals surface area contributed by atoms with E-state index in [1.165, 1.54) is 26.4 Å². The fraction of sp³-hybridized carbons (Fsp3) is 0.174. The summed E-state index contributed by atoms with van der Waals surface area (Å²) in [5, 5.41) is 5.47. The number of nitrogens with zero attached hydrogens (tertiary/aromatic N) is 1. The van der Waals surface area contributed by atoms with Gasteiger partial charge in [-0.3, -0.25) is 0 Å². The Morgan fingerprint density at radius 3 is 2.63 bits per heavy atom. The van der Waals surface area contributed by atoms with Crippen molar-refractivity contribution in [3.8, 4) is 0 Å². The van der Waals surface area contributed by atoms with Crippen LogP contribution in [-0.4, -0.2) is 0 Å². The smallest absolute Gasteiger partial charge is 0.262 e. The van der Waals surface area contributed by atoms with Crippen molar-refractivity contribution in [3.63, 3.8) is 0 Å². The fourth-order valence-corrected chi connectivity index (χ4v) is 4.80. The second-order valence-electron chi connectivity index (χ2n) is 6.50. The van der Waals surface area contributed by atoms with E-state index in [0.717, 1.165) is 30.1 Å². The van der Waals surface area contributed by atoms with E-state index in [1.807, 2.05) is 35.7 Å². The van der Waals surface area contributed by atoms with Gasteiger partial charge in [0.25, 0.3) is 5.01 Å². The molecule has 0 aliphatic heterocycles. The van der Waals surface area contributed by atoms with Crippen molar-refractivity contribution in [2.45, 2.75) is 26.3 Å². The summed E-state index contributed by atoms with van der Waals surface area (Å²) in [6.45, 7) is 3.15. The Labute approximate surface area is 169 Å². The van der Waals surface area contributed by atoms with Crippen molar-refractivity contribution in [1.82, 2.24) is 0 Å². The maximum absolute atomic E-state index is 6.65. The van der Waals surface area contributed by atoms with Crippen LogP contribution >= 0.6 is 22.9 Å². The topological polar surface area (TPSA) is 15.9 Å². The summed E-state index contributed by atoms with van der Waals surface area (Å²) in [6, 6.07) is 18.7. The quantitative estimate of drug-likeness (QED) is 0.489. The average molecular weight is 394 g/mol. The maximum Gasteiger partial charge on any atom is 0.262 e. The van der Waals surface area contributed by atoms with E-state index in [0.29, 0.717) is 0 Å². The third kappa shape index (κ3) is 3.85. The molecule has 0 radical (unpaired) electrons. The van der Waals surface area contributed by atoms with E-state index in [-0.39, 0.29) is 0 Å². The number of fused-ring (bicyclic) bond motifs is 1. The molecule has 4 heteroatoms. The van der Waals surface area contributed by atoms with E-state index in [1.54, 1.807) is 0 Å². The Morgan fingerprint density at radius 1 is 1.04 bits per heavy atom. The van der Waals surface area contributed by atoms with Crippen molar-refractivity contribution in [2.24, 2.45) is 0 Å². The van der Waals surface area contributed by atoms with Gasteiger partial charge in [-0.15, -0.1) is 0 Å². The molecule has 0 saturated carbocycles. The van der Waals surface area contributed by atoms with Crippen LogP contribution in [0.2, 0.25) is 0 Å². The summed E-state index contributed by atoms with van der Waals surface area (Å²) >= 11 is 8.47. The zero-order chi connectivity index (χ0) is 18.6. The molecule has 2 nitrogen and oxygen atoms in total. The lowest BCUT2D eigenvalue weighted by Crippen LogP contribution is -2.33. The van der Waals surface area contributed by atoms with Crippen LogP contribution in [0.3, 0.4) is 0 Å². The van der Waals surface area contributed by atoms with Crippen LogP contribution in [0.25, 0.3) is 16.3 Å². The first-order valence-electron chi connectivity index (χ1n) is 9.25. The van der Waals surface area contributed by atoms with Gasteiger partial charge in [-0.25, -0.2) is 0 Å². The van der Waals surface area contributed by atoms with Gasteiger partial charge < -0.3 is 5.32 Å². The molecule has 1 aromatic heterocycles. The molecule has 0 bridgehead atoms. The molecule has 1 aliphatic carbocycles. The van der Waals surface area contributed by atoms with Crippen molar-refractivity contribution >= 4 is 44.9 Å². The van der Waals surface area contributed by atoms with Gasteiger partial charge in [-0.1, -0.05) is 59.3 Å². The Morgan fingerprint density at radius 2 is 1.81 bits per heavy atom. The molecule has 3 aromatic rings. The summed E-state index contributed by atoms with van der Waals surface area (Å²) in [7, 11) is 0. The number of aryl methyl sites for hydroxylation is 1. The Balaban J connectivity index is 1.56. The van der Waals surface area contributed by atoms with Crippen LogP contribution in [0, 0.1) is 0 Å². The molecule has 1 aliphatic rings. The molecule has 2 aromatic carbocycles. The summed E-state index contributed by atoms with van der Waals surface area (Å²) in [5.41, 5.74) is 4.74. The highest BCUT2D eigenvalue weighted by atomic mass is 35.5. The molecule has 0 amide bonds. The van der Waals surface area contributed by atoms with Crippen molar-refractivity contribution < 1.29 is 4.57 Å². The highest BCUT2D eigenvalue weighted by Crippen LogP contribution is 2.35. The van der Waals surface area contributed by atoms with Gasteiger partial charge in [-0.05, 0) is 49.1 Å². The Hall–Kier alpha value is -2.36. The normalized spacial score (nSPS) is 16.1. The van der Waals surface area contributed by atoms with Gasteiger partial charge in [0.15, 0.2) is 0 Å². The van der Waals surface area contributed by atoms with Crippen LogP contribution in [0.5, 0.6) is 0 Å². The Bertz CT molecular complexity index is 1040. The summed E-state index contributed by atoms with van der Waals surface area (Å²) in [4.78, 5) is 0. The van der Waals surface area contributed by atoms with Crippen LogP contribution < -0.4 is 9.88 Å². The predicted molar refractivity (Wildman–Crippen MR) is 117 cm³/mol.